The molecule has 0 aliphatic carbocycles. The normalized spacial score (nSPS) is 19.0. The minimum atomic E-state index is -3.85. The van der Waals surface area contributed by atoms with Crippen molar-refractivity contribution in [3.05, 3.63) is 65.7 Å². The van der Waals surface area contributed by atoms with Crippen molar-refractivity contribution in [1.29, 1.82) is 0 Å². The zero-order chi connectivity index (χ0) is 18.9. The van der Waals surface area contributed by atoms with Gasteiger partial charge in [-0.1, -0.05) is 48.0 Å². The summed E-state index contributed by atoms with van der Waals surface area (Å²) in [7, 11) is -2.43. The van der Waals surface area contributed by atoms with Gasteiger partial charge in [-0.2, -0.15) is 0 Å². The summed E-state index contributed by atoms with van der Waals surface area (Å²) in [6.45, 7) is 1.87. The van der Waals surface area contributed by atoms with Crippen LogP contribution in [0.1, 0.15) is 23.6 Å². The van der Waals surface area contributed by atoms with E-state index in [0.29, 0.717) is 5.56 Å². The van der Waals surface area contributed by atoms with E-state index >= 15 is 0 Å². The molecule has 136 valence electrons. The van der Waals surface area contributed by atoms with Crippen molar-refractivity contribution < 1.29 is 18.0 Å². The van der Waals surface area contributed by atoms with Crippen LogP contribution in [0.2, 0.25) is 0 Å². The van der Waals surface area contributed by atoms with Gasteiger partial charge in [0.05, 0.1) is 16.9 Å². The van der Waals surface area contributed by atoms with Gasteiger partial charge in [-0.25, -0.2) is 13.1 Å². The van der Waals surface area contributed by atoms with E-state index in [-0.39, 0.29) is 23.1 Å². The Morgan fingerprint density at radius 2 is 1.65 bits per heavy atom. The Labute approximate surface area is 152 Å². The quantitative estimate of drug-likeness (QED) is 0.814. The molecule has 0 saturated carbocycles. The number of carbonyl (C=O) groups is 2. The minimum Gasteiger partial charge on any atom is -0.285 e. The molecular weight excluding hydrogens is 352 g/mol. The first-order chi connectivity index (χ1) is 12.3. The smallest absolute Gasteiger partial charge is 0.241 e. The lowest BCUT2D eigenvalue weighted by atomic mass is 9.92. The van der Waals surface area contributed by atoms with Gasteiger partial charge in [0.25, 0.3) is 0 Å². The Hall–Kier alpha value is -2.51. The highest BCUT2D eigenvalue weighted by molar-refractivity contribution is 7.89. The minimum absolute atomic E-state index is 0.0225. The molecule has 1 saturated heterocycles. The van der Waals surface area contributed by atoms with Gasteiger partial charge in [0.15, 0.2) is 0 Å². The summed E-state index contributed by atoms with van der Waals surface area (Å²) in [5.74, 6) is -1.46. The van der Waals surface area contributed by atoms with Crippen molar-refractivity contribution in [2.24, 2.45) is 5.92 Å². The van der Waals surface area contributed by atoms with Crippen molar-refractivity contribution in [3.8, 4) is 0 Å². The number of aryl methyl sites for hydroxylation is 1. The second kappa shape index (κ2) is 7.01. The fourth-order valence-electron chi connectivity index (χ4n) is 3.04. The molecule has 0 aromatic heterocycles. The summed E-state index contributed by atoms with van der Waals surface area (Å²) in [6.07, 6.45) is -0.0225. The number of nitrogens with zero attached hydrogens (tertiary/aromatic N) is 1. The molecule has 2 aromatic rings. The molecule has 2 atom stereocenters. The highest BCUT2D eigenvalue weighted by Gasteiger charge is 2.43. The van der Waals surface area contributed by atoms with Crippen LogP contribution in [0.5, 0.6) is 0 Å². The molecule has 1 heterocycles. The molecule has 0 spiro atoms. The number of carbonyl (C=O) groups excluding carboxylic acids is 2. The van der Waals surface area contributed by atoms with E-state index < -0.39 is 22.0 Å². The number of hydrogen-bond acceptors (Lipinski definition) is 4. The van der Waals surface area contributed by atoms with Crippen molar-refractivity contribution >= 4 is 21.8 Å². The molecule has 1 fully saturated rings. The summed E-state index contributed by atoms with van der Waals surface area (Å²) in [5.41, 5.74) is 1.59. The summed E-state index contributed by atoms with van der Waals surface area (Å²) < 4.78 is 28.3. The van der Waals surface area contributed by atoms with Gasteiger partial charge in [-0.3, -0.25) is 14.5 Å². The van der Waals surface area contributed by atoms with Crippen LogP contribution < -0.4 is 4.72 Å². The topological polar surface area (TPSA) is 83.6 Å². The Balaban J connectivity index is 1.98. The van der Waals surface area contributed by atoms with Crippen molar-refractivity contribution in [1.82, 2.24) is 9.62 Å². The second-order valence-corrected chi connectivity index (χ2v) is 8.14. The Morgan fingerprint density at radius 1 is 1.04 bits per heavy atom. The van der Waals surface area contributed by atoms with E-state index in [1.54, 1.807) is 36.4 Å². The standard InChI is InChI=1S/C19H20N2O4S/c1-13-8-10-15(11-9-13)26(24,25)20-18(14-6-4-3-5-7-14)16-12-17(22)21(2)19(16)23/h3-11,16,18,20H,12H2,1-2H3/t16-,18?/m0/s1. The maximum absolute atomic E-state index is 12.8. The van der Waals surface area contributed by atoms with Crippen LogP contribution in [0.25, 0.3) is 0 Å². The van der Waals surface area contributed by atoms with Crippen LogP contribution >= 0.6 is 0 Å². The molecule has 1 N–H and O–H groups in total. The third-order valence-corrected chi connectivity index (χ3v) is 6.05. The second-order valence-electron chi connectivity index (χ2n) is 6.42. The first-order valence-electron chi connectivity index (χ1n) is 8.24. The van der Waals surface area contributed by atoms with Crippen LogP contribution in [-0.4, -0.2) is 32.2 Å². The largest absolute Gasteiger partial charge is 0.285 e. The zero-order valence-electron chi connectivity index (χ0n) is 14.5. The molecule has 3 rings (SSSR count). The van der Waals surface area contributed by atoms with Crippen LogP contribution in [0.4, 0.5) is 0 Å². The van der Waals surface area contributed by atoms with Crippen molar-refractivity contribution in [2.75, 3.05) is 7.05 Å². The first kappa shape index (κ1) is 18.3. The molecule has 1 aliphatic heterocycles. The molecule has 26 heavy (non-hydrogen) atoms. The zero-order valence-corrected chi connectivity index (χ0v) is 15.4. The summed E-state index contributed by atoms with van der Waals surface area (Å²) in [5, 5.41) is 0. The van der Waals surface area contributed by atoms with Crippen LogP contribution in [-0.2, 0) is 19.6 Å². The van der Waals surface area contributed by atoms with E-state index in [2.05, 4.69) is 4.72 Å². The predicted octanol–water partition coefficient (Wildman–Crippen LogP) is 2.02. The van der Waals surface area contributed by atoms with Gasteiger partial charge in [0.2, 0.25) is 21.8 Å². The lowest BCUT2D eigenvalue weighted by Gasteiger charge is -2.23. The summed E-state index contributed by atoms with van der Waals surface area (Å²) in [6, 6.07) is 14.5. The highest BCUT2D eigenvalue weighted by atomic mass is 32.2. The summed E-state index contributed by atoms with van der Waals surface area (Å²) in [4.78, 5) is 25.6. The molecule has 0 radical (unpaired) electrons. The van der Waals surface area contributed by atoms with E-state index in [1.165, 1.54) is 19.2 Å². The fourth-order valence-corrected chi connectivity index (χ4v) is 4.31. The lowest BCUT2D eigenvalue weighted by molar-refractivity contribution is -0.137. The number of sulfonamides is 1. The molecule has 6 nitrogen and oxygen atoms in total. The third kappa shape index (κ3) is 3.54. The molecule has 7 heteroatoms. The SMILES string of the molecule is Cc1ccc(S(=O)(=O)NC(c2ccccc2)[C@@H]2CC(=O)N(C)C2=O)cc1. The first-order valence-corrected chi connectivity index (χ1v) is 9.72. The average Bonchev–Trinajstić information content (AvgIpc) is 2.88. The highest BCUT2D eigenvalue weighted by Crippen LogP contribution is 2.32. The van der Waals surface area contributed by atoms with Gasteiger partial charge >= 0.3 is 0 Å². The van der Waals surface area contributed by atoms with Gasteiger partial charge in [0.1, 0.15) is 0 Å². The fraction of sp³-hybridized carbons (Fsp3) is 0.263. The molecular formula is C19H20N2O4S. The number of imide groups is 1. The Morgan fingerprint density at radius 3 is 2.19 bits per heavy atom. The van der Waals surface area contributed by atoms with E-state index in [4.69, 9.17) is 0 Å². The Bertz CT molecular complexity index is 924. The number of rotatable bonds is 5. The van der Waals surface area contributed by atoms with Crippen molar-refractivity contribution in [3.63, 3.8) is 0 Å². The average molecular weight is 372 g/mol. The third-order valence-electron chi connectivity index (χ3n) is 4.59. The van der Waals surface area contributed by atoms with E-state index in [9.17, 15) is 18.0 Å². The van der Waals surface area contributed by atoms with Crippen LogP contribution in [0.15, 0.2) is 59.5 Å². The predicted molar refractivity (Wildman–Crippen MR) is 96.6 cm³/mol. The molecule has 2 aromatic carbocycles. The van der Waals surface area contributed by atoms with E-state index in [0.717, 1.165) is 10.5 Å². The maximum atomic E-state index is 12.8. The van der Waals surface area contributed by atoms with Gasteiger partial charge in [0, 0.05) is 13.5 Å². The number of benzene rings is 2. The number of amides is 2. The maximum Gasteiger partial charge on any atom is 0.241 e. The number of hydrogen-bond donors (Lipinski definition) is 1. The van der Waals surface area contributed by atoms with E-state index in [1.807, 2.05) is 13.0 Å². The van der Waals surface area contributed by atoms with Crippen molar-refractivity contribution in [2.45, 2.75) is 24.3 Å². The number of likely N-dealkylation sites (tertiary alicyclic amines) is 1. The monoisotopic (exact) mass is 372 g/mol. The van der Waals surface area contributed by atoms with Gasteiger partial charge < -0.3 is 0 Å². The lowest BCUT2D eigenvalue weighted by Crippen LogP contribution is -2.37. The molecule has 2 amide bonds. The van der Waals surface area contributed by atoms with Crippen LogP contribution in [0, 0.1) is 12.8 Å². The molecule has 1 aliphatic rings. The molecule has 1 unspecified atom stereocenters. The van der Waals surface area contributed by atoms with Gasteiger partial charge in [-0.15, -0.1) is 0 Å². The molecule has 0 bridgehead atoms. The van der Waals surface area contributed by atoms with Gasteiger partial charge in [-0.05, 0) is 24.6 Å². The summed E-state index contributed by atoms with van der Waals surface area (Å²) >= 11 is 0. The Kier molecular flexibility index (Phi) is 4.93. The van der Waals surface area contributed by atoms with Crippen LogP contribution in [0.3, 0.4) is 0 Å². The number of nitrogens with one attached hydrogen (secondary N) is 1.